The highest BCUT2D eigenvalue weighted by molar-refractivity contribution is 5.33. The Balaban J connectivity index is 2.03. The second-order valence-electron chi connectivity index (χ2n) is 7.23. The van der Waals surface area contributed by atoms with Crippen LogP contribution in [0.4, 0.5) is 0 Å². The molecule has 3 nitrogen and oxygen atoms in total. The van der Waals surface area contributed by atoms with Gasteiger partial charge in [0.2, 0.25) is 0 Å². The van der Waals surface area contributed by atoms with Gasteiger partial charge in [-0.1, -0.05) is 13.8 Å². The van der Waals surface area contributed by atoms with E-state index in [4.69, 9.17) is 4.42 Å². The number of furan rings is 1. The lowest BCUT2D eigenvalue weighted by atomic mass is 9.75. The number of fused-ring (bicyclic) bond motifs is 1. The Morgan fingerprint density at radius 1 is 1.38 bits per heavy atom. The molecule has 0 aliphatic heterocycles. The molecule has 0 aromatic carbocycles. The number of aromatic nitrogens is 1. The summed E-state index contributed by atoms with van der Waals surface area (Å²) in [6.07, 6.45) is 3.61. The zero-order chi connectivity index (χ0) is 15.4. The Bertz CT molecular complexity index is 663. The van der Waals surface area contributed by atoms with Crippen LogP contribution in [0.3, 0.4) is 0 Å². The molecule has 2 heterocycles. The number of aryl methyl sites for hydroxylation is 2. The maximum Gasteiger partial charge on any atom is 0.106 e. The highest BCUT2D eigenvalue weighted by Gasteiger charge is 2.34. The molecular weight excluding hydrogens is 262 g/mol. The Morgan fingerprint density at radius 2 is 2.10 bits per heavy atom. The lowest BCUT2D eigenvalue weighted by molar-refractivity contribution is 0.0977. The molecule has 1 aliphatic carbocycles. The van der Waals surface area contributed by atoms with Crippen molar-refractivity contribution in [3.05, 3.63) is 46.7 Å². The van der Waals surface area contributed by atoms with Crippen molar-refractivity contribution in [1.29, 1.82) is 0 Å². The van der Waals surface area contributed by atoms with Crippen molar-refractivity contribution >= 4 is 0 Å². The van der Waals surface area contributed by atoms with Crippen LogP contribution in [0.5, 0.6) is 0 Å². The van der Waals surface area contributed by atoms with Crippen LogP contribution in [0.2, 0.25) is 0 Å². The van der Waals surface area contributed by atoms with E-state index in [1.807, 2.05) is 13.8 Å². The van der Waals surface area contributed by atoms with E-state index < -0.39 is 0 Å². The fourth-order valence-electron chi connectivity index (χ4n) is 3.73. The molecule has 114 valence electrons. The van der Waals surface area contributed by atoms with Crippen molar-refractivity contribution in [2.24, 2.45) is 5.41 Å². The van der Waals surface area contributed by atoms with Gasteiger partial charge in [0.1, 0.15) is 11.5 Å². The van der Waals surface area contributed by atoms with Gasteiger partial charge in [0.25, 0.3) is 0 Å². The monoisotopic (exact) mass is 287 g/mol. The summed E-state index contributed by atoms with van der Waals surface area (Å²) in [7, 11) is 0. The Kier molecular flexibility index (Phi) is 3.28. The summed E-state index contributed by atoms with van der Waals surface area (Å²) in [5.74, 6) is 1.94. The van der Waals surface area contributed by atoms with E-state index in [1.165, 1.54) is 11.3 Å². The molecular formula is C18H25NO2. The molecule has 2 aromatic rings. The van der Waals surface area contributed by atoms with E-state index in [1.54, 1.807) is 0 Å². The third-order valence-corrected chi connectivity index (χ3v) is 4.76. The van der Waals surface area contributed by atoms with Crippen LogP contribution in [0.15, 0.2) is 22.7 Å². The summed E-state index contributed by atoms with van der Waals surface area (Å²) >= 11 is 0. The van der Waals surface area contributed by atoms with E-state index in [0.29, 0.717) is 0 Å². The van der Waals surface area contributed by atoms with Gasteiger partial charge in [-0.15, -0.1) is 0 Å². The first-order valence-corrected chi connectivity index (χ1v) is 7.73. The smallest absolute Gasteiger partial charge is 0.106 e. The van der Waals surface area contributed by atoms with Gasteiger partial charge in [0.15, 0.2) is 0 Å². The second-order valence-corrected chi connectivity index (χ2v) is 7.23. The molecule has 3 heteroatoms. The third-order valence-electron chi connectivity index (χ3n) is 4.76. The van der Waals surface area contributed by atoms with Gasteiger partial charge >= 0.3 is 0 Å². The van der Waals surface area contributed by atoms with Crippen molar-refractivity contribution in [1.82, 2.24) is 4.57 Å². The number of hydrogen-bond donors (Lipinski definition) is 1. The quantitative estimate of drug-likeness (QED) is 0.893. The van der Waals surface area contributed by atoms with Crippen molar-refractivity contribution in [2.75, 3.05) is 0 Å². The number of nitrogens with zero attached hydrogens (tertiary/aromatic N) is 1. The first kappa shape index (κ1) is 14.5. The normalized spacial score (nSPS) is 22.1. The van der Waals surface area contributed by atoms with Crippen LogP contribution < -0.4 is 0 Å². The van der Waals surface area contributed by atoms with Crippen molar-refractivity contribution < 1.29 is 9.52 Å². The van der Waals surface area contributed by atoms with E-state index >= 15 is 0 Å². The molecule has 0 saturated heterocycles. The van der Waals surface area contributed by atoms with Gasteiger partial charge in [0.05, 0.1) is 12.1 Å². The van der Waals surface area contributed by atoms with Crippen molar-refractivity contribution in [2.45, 2.75) is 59.6 Å². The Hall–Kier alpha value is -1.48. The minimum atomic E-state index is -0.343. The predicted molar refractivity (Wildman–Crippen MR) is 83.5 cm³/mol. The summed E-state index contributed by atoms with van der Waals surface area (Å²) < 4.78 is 7.98. The molecule has 0 bridgehead atoms. The molecule has 0 saturated carbocycles. The molecule has 21 heavy (non-hydrogen) atoms. The molecule has 2 unspecified atom stereocenters. The summed E-state index contributed by atoms with van der Waals surface area (Å²) in [5, 5.41) is 10.4. The molecule has 0 amide bonds. The maximum atomic E-state index is 10.4. The first-order valence-electron chi connectivity index (χ1n) is 7.73. The molecule has 0 fully saturated rings. The summed E-state index contributed by atoms with van der Waals surface area (Å²) in [4.78, 5) is 0. The summed E-state index contributed by atoms with van der Waals surface area (Å²) in [6.45, 7) is 10.7. The minimum Gasteiger partial charge on any atom is -0.466 e. The molecule has 1 N–H and O–H groups in total. The van der Waals surface area contributed by atoms with Crippen LogP contribution in [-0.2, 0) is 6.42 Å². The standard InChI is InChI=1S/C18H25NO2/c1-11-8-15(13(3)21-11)12(2)19-7-6-14-16(19)9-18(4,5)10-17(14)20/h6-8,12,17,20H,9-10H2,1-5H3. The fraction of sp³-hybridized carbons (Fsp3) is 0.556. The summed E-state index contributed by atoms with van der Waals surface area (Å²) in [5.41, 5.74) is 3.73. The topological polar surface area (TPSA) is 38.3 Å². The average molecular weight is 287 g/mol. The SMILES string of the molecule is Cc1cc(C(C)n2ccc3c2CC(C)(C)CC3O)c(C)o1. The van der Waals surface area contributed by atoms with E-state index in [-0.39, 0.29) is 17.6 Å². The van der Waals surface area contributed by atoms with E-state index in [2.05, 4.69) is 43.7 Å². The molecule has 2 aromatic heterocycles. The molecule has 1 aliphatic rings. The second kappa shape index (κ2) is 4.77. The minimum absolute atomic E-state index is 0.142. The van der Waals surface area contributed by atoms with Gasteiger partial charge < -0.3 is 14.1 Å². The predicted octanol–water partition coefficient (Wildman–Crippen LogP) is 4.31. The Morgan fingerprint density at radius 3 is 2.71 bits per heavy atom. The highest BCUT2D eigenvalue weighted by atomic mass is 16.3. The average Bonchev–Trinajstić information content (AvgIpc) is 2.90. The summed E-state index contributed by atoms with van der Waals surface area (Å²) in [6, 6.07) is 4.43. The lowest BCUT2D eigenvalue weighted by Gasteiger charge is -2.34. The highest BCUT2D eigenvalue weighted by Crippen LogP contribution is 2.42. The van der Waals surface area contributed by atoms with Gasteiger partial charge in [-0.25, -0.2) is 0 Å². The zero-order valence-corrected chi connectivity index (χ0v) is 13.6. The van der Waals surface area contributed by atoms with E-state index in [9.17, 15) is 5.11 Å². The van der Waals surface area contributed by atoms with Gasteiger partial charge in [-0.05, 0) is 51.2 Å². The number of aliphatic hydroxyl groups excluding tert-OH is 1. The number of aliphatic hydroxyl groups is 1. The van der Waals surface area contributed by atoms with Gasteiger partial charge in [-0.3, -0.25) is 0 Å². The third kappa shape index (κ3) is 2.44. The van der Waals surface area contributed by atoms with Crippen LogP contribution in [-0.4, -0.2) is 9.67 Å². The molecule has 2 atom stereocenters. The number of rotatable bonds is 2. The molecule has 0 spiro atoms. The fourth-order valence-corrected chi connectivity index (χ4v) is 3.73. The lowest BCUT2D eigenvalue weighted by Crippen LogP contribution is -2.27. The zero-order valence-electron chi connectivity index (χ0n) is 13.6. The van der Waals surface area contributed by atoms with Crippen molar-refractivity contribution in [3.8, 4) is 0 Å². The van der Waals surface area contributed by atoms with Crippen LogP contribution >= 0.6 is 0 Å². The van der Waals surface area contributed by atoms with Crippen LogP contribution in [0.1, 0.15) is 67.7 Å². The van der Waals surface area contributed by atoms with Crippen LogP contribution in [0, 0.1) is 19.3 Å². The van der Waals surface area contributed by atoms with Crippen molar-refractivity contribution in [3.63, 3.8) is 0 Å². The Labute approximate surface area is 126 Å². The van der Waals surface area contributed by atoms with Gasteiger partial charge in [-0.2, -0.15) is 0 Å². The number of hydrogen-bond acceptors (Lipinski definition) is 2. The molecule has 0 radical (unpaired) electrons. The van der Waals surface area contributed by atoms with Gasteiger partial charge in [0, 0.05) is 23.0 Å². The van der Waals surface area contributed by atoms with Crippen LogP contribution in [0.25, 0.3) is 0 Å². The first-order chi connectivity index (χ1) is 9.78. The maximum absolute atomic E-state index is 10.4. The van der Waals surface area contributed by atoms with E-state index in [0.717, 1.165) is 29.9 Å². The largest absolute Gasteiger partial charge is 0.466 e. The molecule has 3 rings (SSSR count).